The lowest BCUT2D eigenvalue weighted by Gasteiger charge is -2.19. The van der Waals surface area contributed by atoms with Crippen molar-refractivity contribution in [2.45, 2.75) is 219 Å². The molecule has 0 bridgehead atoms. The van der Waals surface area contributed by atoms with Crippen LogP contribution in [0.5, 0.6) is 0 Å². The highest BCUT2D eigenvalue weighted by Crippen LogP contribution is 2.16. The molecule has 2 atom stereocenters. The first-order chi connectivity index (χ1) is 20.7. The second-order valence-electron chi connectivity index (χ2n) is 13.0. The van der Waals surface area contributed by atoms with E-state index in [4.69, 9.17) is 0 Å². The highest BCUT2D eigenvalue weighted by molar-refractivity contribution is 5.76. The molecule has 0 spiro atoms. The molecule has 0 aromatic carbocycles. The Kier molecular flexibility index (Phi) is 33.9. The Morgan fingerprint density at radius 2 is 0.881 bits per heavy atom. The van der Waals surface area contributed by atoms with Gasteiger partial charge in [-0.15, -0.1) is 0 Å². The maximum atomic E-state index is 11.9. The van der Waals surface area contributed by atoms with E-state index in [9.17, 15) is 15.0 Å². The Morgan fingerprint density at radius 3 is 1.24 bits per heavy atom. The molecule has 1 amide bonds. The Hall–Kier alpha value is -0.870. The molecule has 0 aromatic rings. The van der Waals surface area contributed by atoms with Crippen molar-refractivity contribution in [2.24, 2.45) is 0 Å². The van der Waals surface area contributed by atoms with Crippen LogP contribution in [0.25, 0.3) is 0 Å². The summed E-state index contributed by atoms with van der Waals surface area (Å²) in [5.41, 5.74) is 0. The van der Waals surface area contributed by atoms with Gasteiger partial charge in [0.05, 0.1) is 18.8 Å². The predicted molar refractivity (Wildman–Crippen MR) is 184 cm³/mol. The smallest absolute Gasteiger partial charge is 0.220 e. The lowest BCUT2D eigenvalue weighted by Crippen LogP contribution is -2.45. The summed E-state index contributed by atoms with van der Waals surface area (Å²) in [5, 5.41) is 22.5. The number of amides is 1. The maximum absolute atomic E-state index is 11.9. The summed E-state index contributed by atoms with van der Waals surface area (Å²) in [6.07, 6.45) is 42.4. The Morgan fingerprint density at radius 1 is 0.548 bits per heavy atom. The highest BCUT2D eigenvalue weighted by atomic mass is 16.3. The molecule has 42 heavy (non-hydrogen) atoms. The molecule has 0 aliphatic carbocycles. The third kappa shape index (κ3) is 30.6. The van der Waals surface area contributed by atoms with Gasteiger partial charge in [-0.25, -0.2) is 0 Å². The van der Waals surface area contributed by atoms with Crippen LogP contribution < -0.4 is 5.32 Å². The molecule has 2 unspecified atom stereocenters. The van der Waals surface area contributed by atoms with Gasteiger partial charge in [-0.3, -0.25) is 4.79 Å². The highest BCUT2D eigenvalue weighted by Gasteiger charge is 2.17. The number of carbonyl (C=O) groups is 1. The van der Waals surface area contributed by atoms with E-state index in [1.54, 1.807) is 6.08 Å². The van der Waals surface area contributed by atoms with E-state index in [-0.39, 0.29) is 12.5 Å². The number of carbonyl (C=O) groups excluding carboxylic acids is 1. The zero-order valence-electron chi connectivity index (χ0n) is 28.5. The van der Waals surface area contributed by atoms with Crippen LogP contribution in [-0.4, -0.2) is 34.9 Å². The summed E-state index contributed by atoms with van der Waals surface area (Å²) >= 11 is 0. The van der Waals surface area contributed by atoms with Gasteiger partial charge in [-0.2, -0.15) is 0 Å². The molecule has 0 saturated carbocycles. The molecule has 4 heteroatoms. The van der Waals surface area contributed by atoms with Gasteiger partial charge in [0.25, 0.3) is 0 Å². The van der Waals surface area contributed by atoms with Gasteiger partial charge in [0.1, 0.15) is 0 Å². The fourth-order valence-corrected chi connectivity index (χ4v) is 5.82. The largest absolute Gasteiger partial charge is 0.394 e. The van der Waals surface area contributed by atoms with E-state index in [0.717, 1.165) is 32.1 Å². The second kappa shape index (κ2) is 34.6. The predicted octanol–water partition coefficient (Wildman–Crippen LogP) is 11.1. The number of rotatable bonds is 34. The zero-order valence-corrected chi connectivity index (χ0v) is 28.5. The van der Waals surface area contributed by atoms with Crippen LogP contribution >= 0.6 is 0 Å². The number of nitrogens with one attached hydrogen (secondary N) is 1. The van der Waals surface area contributed by atoms with Crippen molar-refractivity contribution in [2.75, 3.05) is 6.61 Å². The number of hydrogen-bond donors (Lipinski definition) is 3. The van der Waals surface area contributed by atoms with Gasteiger partial charge < -0.3 is 15.5 Å². The number of unbranched alkanes of at least 4 members (excludes halogenated alkanes) is 27. The number of allylic oxidation sites excluding steroid dienone is 1. The van der Waals surface area contributed by atoms with Crippen molar-refractivity contribution in [3.05, 3.63) is 12.2 Å². The van der Waals surface area contributed by atoms with Gasteiger partial charge in [-0.1, -0.05) is 193 Å². The summed E-state index contributed by atoms with van der Waals surface area (Å²) in [5.74, 6) is -0.0878. The van der Waals surface area contributed by atoms with Gasteiger partial charge in [-0.05, 0) is 19.3 Å². The van der Waals surface area contributed by atoms with Crippen molar-refractivity contribution in [1.82, 2.24) is 5.32 Å². The van der Waals surface area contributed by atoms with Crippen molar-refractivity contribution < 1.29 is 15.0 Å². The Balaban J connectivity index is 3.34. The first-order valence-corrected chi connectivity index (χ1v) is 18.9. The molecular formula is C38H75NO3. The first kappa shape index (κ1) is 41.1. The number of aliphatic hydroxyl groups excluding tert-OH is 2. The van der Waals surface area contributed by atoms with Crippen LogP contribution in [0, 0.1) is 0 Å². The van der Waals surface area contributed by atoms with E-state index < -0.39 is 12.1 Å². The molecule has 0 radical (unpaired) electrons. The normalized spacial score (nSPS) is 13.1. The van der Waals surface area contributed by atoms with Crippen molar-refractivity contribution in [1.29, 1.82) is 0 Å². The minimum atomic E-state index is -0.829. The summed E-state index contributed by atoms with van der Waals surface area (Å²) in [6.45, 7) is 4.15. The molecule has 0 rings (SSSR count). The molecule has 0 fully saturated rings. The molecular weight excluding hydrogens is 518 g/mol. The molecule has 0 aliphatic heterocycles. The average Bonchev–Trinajstić information content (AvgIpc) is 2.99. The molecule has 0 aromatic heterocycles. The quantitative estimate of drug-likeness (QED) is 0.0513. The molecule has 3 N–H and O–H groups in total. The Labute approximate surface area is 263 Å². The van der Waals surface area contributed by atoms with Crippen LogP contribution in [0.1, 0.15) is 206 Å². The average molecular weight is 594 g/mol. The van der Waals surface area contributed by atoms with E-state index in [1.807, 2.05) is 6.08 Å². The zero-order chi connectivity index (χ0) is 30.8. The molecule has 0 aliphatic rings. The third-order valence-corrected chi connectivity index (χ3v) is 8.77. The van der Waals surface area contributed by atoms with Crippen molar-refractivity contribution >= 4 is 5.91 Å². The van der Waals surface area contributed by atoms with Gasteiger partial charge in [0, 0.05) is 6.42 Å². The van der Waals surface area contributed by atoms with Crippen LogP contribution in [0.15, 0.2) is 12.2 Å². The number of hydrogen-bond acceptors (Lipinski definition) is 3. The van der Waals surface area contributed by atoms with Gasteiger partial charge in [0.2, 0.25) is 5.91 Å². The summed E-state index contributed by atoms with van der Waals surface area (Å²) < 4.78 is 0. The molecule has 0 saturated heterocycles. The van der Waals surface area contributed by atoms with E-state index in [1.165, 1.54) is 154 Å². The second-order valence-corrected chi connectivity index (χ2v) is 13.0. The van der Waals surface area contributed by atoms with Crippen molar-refractivity contribution in [3.8, 4) is 0 Å². The van der Waals surface area contributed by atoms with Crippen LogP contribution in [0.4, 0.5) is 0 Å². The summed E-state index contributed by atoms with van der Waals surface area (Å²) in [6, 6.07) is -0.612. The van der Waals surface area contributed by atoms with Crippen LogP contribution in [0.3, 0.4) is 0 Å². The van der Waals surface area contributed by atoms with Gasteiger partial charge >= 0.3 is 0 Å². The minimum Gasteiger partial charge on any atom is -0.394 e. The Bertz CT molecular complexity index is 565. The first-order valence-electron chi connectivity index (χ1n) is 18.9. The molecule has 0 heterocycles. The standard InChI is InChI=1S/C38H75NO3/c1-3-5-7-8-9-10-11-12-13-14-15-16-17-18-19-20-21-22-23-24-25-26-27-28-29-30-32-33-37(41)36(35-40)39-38(42)34-31-6-4-2/h32-33,36-37,40-41H,3-31,34-35H2,1-2H3,(H,39,42)/b33-32+. The number of aliphatic hydroxyl groups is 2. The third-order valence-electron chi connectivity index (χ3n) is 8.77. The van der Waals surface area contributed by atoms with Crippen molar-refractivity contribution in [3.63, 3.8) is 0 Å². The topological polar surface area (TPSA) is 69.6 Å². The van der Waals surface area contributed by atoms with Crippen LogP contribution in [0.2, 0.25) is 0 Å². The lowest BCUT2D eigenvalue weighted by molar-refractivity contribution is -0.123. The fourth-order valence-electron chi connectivity index (χ4n) is 5.82. The maximum Gasteiger partial charge on any atom is 0.220 e. The molecule has 4 nitrogen and oxygen atoms in total. The monoisotopic (exact) mass is 594 g/mol. The lowest BCUT2D eigenvalue weighted by atomic mass is 10.0. The van der Waals surface area contributed by atoms with Gasteiger partial charge in [0.15, 0.2) is 0 Å². The van der Waals surface area contributed by atoms with E-state index in [2.05, 4.69) is 19.2 Å². The molecule has 250 valence electrons. The summed E-state index contributed by atoms with van der Waals surface area (Å²) in [7, 11) is 0. The van der Waals surface area contributed by atoms with E-state index >= 15 is 0 Å². The summed E-state index contributed by atoms with van der Waals surface area (Å²) in [4.78, 5) is 11.9. The fraction of sp³-hybridized carbons (Fsp3) is 0.921. The minimum absolute atomic E-state index is 0.0878. The SMILES string of the molecule is CCCCCCCCCCCCCCCCCCCCCCCCCCC/C=C/C(O)C(CO)NC(=O)CCCCC. The van der Waals surface area contributed by atoms with E-state index in [0.29, 0.717) is 6.42 Å². The van der Waals surface area contributed by atoms with Crippen LogP contribution in [-0.2, 0) is 4.79 Å².